The molecule has 0 spiro atoms. The van der Waals surface area contributed by atoms with Gasteiger partial charge in [-0.1, -0.05) is 6.92 Å². The van der Waals surface area contributed by atoms with Crippen LogP contribution in [0.5, 0.6) is 0 Å². The summed E-state index contributed by atoms with van der Waals surface area (Å²) in [6, 6.07) is 0. The molecule has 1 N–H and O–H groups in total. The van der Waals surface area contributed by atoms with Crippen LogP contribution in [0.1, 0.15) is 12.7 Å². The van der Waals surface area contributed by atoms with E-state index in [1.807, 2.05) is 21.0 Å². The van der Waals surface area contributed by atoms with Gasteiger partial charge in [-0.3, -0.25) is 0 Å². The number of aromatic nitrogens is 2. The molecule has 120 valence electrons. The van der Waals surface area contributed by atoms with E-state index >= 15 is 0 Å². The van der Waals surface area contributed by atoms with E-state index in [-0.39, 0.29) is 10.9 Å². The second kappa shape index (κ2) is 6.87. The summed E-state index contributed by atoms with van der Waals surface area (Å²) in [5, 5.41) is 0.171. The third-order valence-corrected chi connectivity index (χ3v) is 5.26. The van der Waals surface area contributed by atoms with Crippen molar-refractivity contribution in [1.29, 1.82) is 0 Å². The van der Waals surface area contributed by atoms with E-state index in [0.717, 1.165) is 6.54 Å². The normalized spacial score (nSPS) is 21.6. The number of hydrogen-bond donors (Lipinski definition) is 1. The van der Waals surface area contributed by atoms with Gasteiger partial charge in [0.15, 0.2) is 5.03 Å². The maximum Gasteiger partial charge on any atom is 0.260 e. The Morgan fingerprint density at radius 2 is 2.29 bits per heavy atom. The third-order valence-electron chi connectivity index (χ3n) is 3.48. The molecular formula is C13H24N4O3S. The molecule has 8 heteroatoms. The Labute approximate surface area is 126 Å². The minimum atomic E-state index is -3.53. The summed E-state index contributed by atoms with van der Waals surface area (Å²) < 4.78 is 32.4. The standard InChI is InChI=1S/C13H24N4O3S/c1-4-12-14-7-13(15-12)21(18,19)17-5-6-20-10-11(9-17)8-16(2)3/h7,11H,4-6,8-10H2,1-3H3,(H,14,15). The molecule has 0 radical (unpaired) electrons. The van der Waals surface area contributed by atoms with Gasteiger partial charge in [0.25, 0.3) is 10.0 Å². The summed E-state index contributed by atoms with van der Waals surface area (Å²) in [5.74, 6) is 0.857. The van der Waals surface area contributed by atoms with E-state index in [1.54, 1.807) is 0 Å². The Balaban J connectivity index is 2.17. The number of aromatic amines is 1. The van der Waals surface area contributed by atoms with Crippen molar-refractivity contribution >= 4 is 10.0 Å². The fourth-order valence-electron chi connectivity index (χ4n) is 2.49. The lowest BCUT2D eigenvalue weighted by molar-refractivity contribution is 0.113. The minimum Gasteiger partial charge on any atom is -0.380 e. The van der Waals surface area contributed by atoms with Crippen molar-refractivity contribution in [1.82, 2.24) is 19.2 Å². The van der Waals surface area contributed by atoms with Crippen LogP contribution in [0.3, 0.4) is 0 Å². The van der Waals surface area contributed by atoms with E-state index in [1.165, 1.54) is 10.5 Å². The number of imidazole rings is 1. The zero-order chi connectivity index (χ0) is 15.5. The van der Waals surface area contributed by atoms with Crippen molar-refractivity contribution in [3.05, 3.63) is 12.0 Å². The highest BCUT2D eigenvalue weighted by molar-refractivity contribution is 7.89. The lowest BCUT2D eigenvalue weighted by Gasteiger charge is -2.24. The number of nitrogens with one attached hydrogen (secondary N) is 1. The molecule has 0 bridgehead atoms. The number of nitrogens with zero attached hydrogens (tertiary/aromatic N) is 3. The van der Waals surface area contributed by atoms with Gasteiger partial charge in [0, 0.05) is 32.0 Å². The Hall–Kier alpha value is -0.960. The van der Waals surface area contributed by atoms with Gasteiger partial charge in [-0.15, -0.1) is 0 Å². The Bertz CT molecular complexity index is 556. The first kappa shape index (κ1) is 16.4. The first-order valence-electron chi connectivity index (χ1n) is 7.20. The molecule has 7 nitrogen and oxygen atoms in total. The molecule has 1 saturated heterocycles. The van der Waals surface area contributed by atoms with Crippen molar-refractivity contribution in [2.45, 2.75) is 18.4 Å². The number of sulfonamides is 1. The van der Waals surface area contributed by atoms with Gasteiger partial charge in [0.05, 0.1) is 19.4 Å². The van der Waals surface area contributed by atoms with Crippen LogP contribution in [0.2, 0.25) is 0 Å². The van der Waals surface area contributed by atoms with Crippen LogP contribution in [0, 0.1) is 5.92 Å². The van der Waals surface area contributed by atoms with Crippen molar-refractivity contribution in [3.8, 4) is 0 Å². The van der Waals surface area contributed by atoms with Crippen LogP contribution in [0.15, 0.2) is 11.2 Å². The van der Waals surface area contributed by atoms with Gasteiger partial charge in [-0.25, -0.2) is 13.4 Å². The van der Waals surface area contributed by atoms with E-state index < -0.39 is 10.0 Å². The minimum absolute atomic E-state index is 0.171. The molecule has 1 aromatic rings. The SMILES string of the molecule is CCc1ncc(S(=O)(=O)N2CCOCC(CN(C)C)C2)[nH]1. The van der Waals surface area contributed by atoms with Crippen LogP contribution in [-0.4, -0.2) is 74.5 Å². The summed E-state index contributed by atoms with van der Waals surface area (Å²) in [6.07, 6.45) is 2.09. The Morgan fingerprint density at radius 3 is 2.90 bits per heavy atom. The van der Waals surface area contributed by atoms with Crippen molar-refractivity contribution in [2.75, 3.05) is 46.9 Å². The maximum absolute atomic E-state index is 12.7. The lowest BCUT2D eigenvalue weighted by Crippen LogP contribution is -2.38. The van der Waals surface area contributed by atoms with Gasteiger partial charge in [-0.2, -0.15) is 4.31 Å². The van der Waals surface area contributed by atoms with Crippen LogP contribution in [0.4, 0.5) is 0 Å². The van der Waals surface area contributed by atoms with E-state index in [2.05, 4.69) is 14.9 Å². The zero-order valence-corrected chi connectivity index (χ0v) is 13.7. The van der Waals surface area contributed by atoms with Crippen LogP contribution in [-0.2, 0) is 21.2 Å². The molecule has 0 amide bonds. The van der Waals surface area contributed by atoms with Crippen LogP contribution < -0.4 is 0 Å². The maximum atomic E-state index is 12.7. The highest BCUT2D eigenvalue weighted by atomic mass is 32.2. The second-order valence-corrected chi connectivity index (χ2v) is 7.52. The summed E-state index contributed by atoms with van der Waals surface area (Å²) >= 11 is 0. The Morgan fingerprint density at radius 1 is 1.52 bits per heavy atom. The van der Waals surface area contributed by atoms with Crippen LogP contribution in [0.25, 0.3) is 0 Å². The number of rotatable bonds is 5. The topological polar surface area (TPSA) is 78.5 Å². The van der Waals surface area contributed by atoms with Gasteiger partial charge >= 0.3 is 0 Å². The van der Waals surface area contributed by atoms with Gasteiger partial charge < -0.3 is 14.6 Å². The fourth-order valence-corrected chi connectivity index (χ4v) is 3.92. The molecular weight excluding hydrogens is 292 g/mol. The molecule has 1 atom stereocenters. The smallest absolute Gasteiger partial charge is 0.260 e. The average molecular weight is 316 g/mol. The van der Waals surface area contributed by atoms with Gasteiger partial charge in [0.2, 0.25) is 0 Å². The molecule has 21 heavy (non-hydrogen) atoms. The first-order chi connectivity index (χ1) is 9.93. The van der Waals surface area contributed by atoms with Crippen molar-refractivity contribution in [2.24, 2.45) is 5.92 Å². The predicted octanol–water partition coefficient (Wildman–Crippen LogP) is 0.171. The zero-order valence-electron chi connectivity index (χ0n) is 12.9. The predicted molar refractivity (Wildman–Crippen MR) is 79.6 cm³/mol. The molecule has 2 rings (SSSR count). The molecule has 0 saturated carbocycles. The van der Waals surface area contributed by atoms with E-state index in [0.29, 0.717) is 38.5 Å². The fraction of sp³-hybridized carbons (Fsp3) is 0.769. The summed E-state index contributed by atoms with van der Waals surface area (Å²) in [5.41, 5.74) is 0. The second-order valence-electron chi connectivity index (χ2n) is 5.61. The summed E-state index contributed by atoms with van der Waals surface area (Å²) in [7, 11) is 0.430. The number of aryl methyl sites for hydroxylation is 1. The molecule has 1 fully saturated rings. The van der Waals surface area contributed by atoms with Crippen LogP contribution >= 0.6 is 0 Å². The number of H-pyrrole nitrogens is 1. The highest BCUT2D eigenvalue weighted by Crippen LogP contribution is 2.18. The number of hydrogen-bond acceptors (Lipinski definition) is 5. The van der Waals surface area contributed by atoms with Crippen molar-refractivity contribution < 1.29 is 13.2 Å². The molecule has 1 aliphatic heterocycles. The highest BCUT2D eigenvalue weighted by Gasteiger charge is 2.30. The molecule has 2 heterocycles. The number of ether oxygens (including phenoxy) is 1. The lowest BCUT2D eigenvalue weighted by atomic mass is 10.1. The molecule has 1 aromatic heterocycles. The Kier molecular flexibility index (Phi) is 5.37. The largest absolute Gasteiger partial charge is 0.380 e. The monoisotopic (exact) mass is 316 g/mol. The van der Waals surface area contributed by atoms with E-state index in [4.69, 9.17) is 4.74 Å². The van der Waals surface area contributed by atoms with Crippen molar-refractivity contribution in [3.63, 3.8) is 0 Å². The average Bonchev–Trinajstić information content (AvgIpc) is 2.79. The molecule has 0 aliphatic carbocycles. The summed E-state index contributed by atoms with van der Waals surface area (Å²) in [4.78, 5) is 9.02. The quantitative estimate of drug-likeness (QED) is 0.838. The summed E-state index contributed by atoms with van der Waals surface area (Å²) in [6.45, 7) is 4.61. The molecule has 1 unspecified atom stereocenters. The molecule has 1 aliphatic rings. The third kappa shape index (κ3) is 4.03. The van der Waals surface area contributed by atoms with Gasteiger partial charge in [0.1, 0.15) is 5.82 Å². The van der Waals surface area contributed by atoms with E-state index in [9.17, 15) is 8.42 Å². The first-order valence-corrected chi connectivity index (χ1v) is 8.64. The molecule has 0 aromatic carbocycles. The van der Waals surface area contributed by atoms with Gasteiger partial charge in [-0.05, 0) is 14.1 Å².